The molecule has 1 heterocycles. The van der Waals surface area contributed by atoms with E-state index in [1.807, 2.05) is 36.4 Å². The van der Waals surface area contributed by atoms with E-state index in [-0.39, 0.29) is 40.6 Å². The van der Waals surface area contributed by atoms with Gasteiger partial charge in [-0.1, -0.05) is 54.6 Å². The molecule has 8 heteroatoms. The predicted octanol–water partition coefficient (Wildman–Crippen LogP) is 5.87. The topological polar surface area (TPSA) is 76.0 Å². The number of ketones is 1. The number of phenols is 2. The quantitative estimate of drug-likeness (QED) is 0.472. The van der Waals surface area contributed by atoms with E-state index in [1.54, 1.807) is 6.08 Å². The lowest BCUT2D eigenvalue weighted by Gasteiger charge is -2.08. The molecule has 2 N–H and O–H groups in total. The number of rotatable bonds is 5. The predicted molar refractivity (Wildman–Crippen MR) is 115 cm³/mol. The van der Waals surface area contributed by atoms with Crippen LogP contribution in [-0.2, 0) is 6.42 Å². The largest absolute Gasteiger partial charge is 0.573 e. The number of allylic oxidation sites excluding steroid dienone is 2. The Hall–Kier alpha value is -4.20. The molecule has 3 aromatic carbocycles. The Balaban J connectivity index is 1.55. The van der Waals surface area contributed by atoms with E-state index in [0.717, 1.165) is 17.7 Å². The molecule has 1 aliphatic heterocycles. The molecule has 0 radical (unpaired) electrons. The second-order valence-electron chi connectivity index (χ2n) is 7.17. The standard InChI is InChI=1S/C25H17F3O5/c26-25(27,28)33-17-11-9-16(10-12-17)13-21-24(31)22-20(32-21)14-19(29)18(23(22)30)8-4-7-15-5-2-1-3-6-15/h1-7,9-14,29-30H,8H2/b7-4+,21-13-. The van der Waals surface area contributed by atoms with E-state index in [0.29, 0.717) is 5.56 Å². The lowest BCUT2D eigenvalue weighted by Crippen LogP contribution is -2.16. The molecule has 0 unspecified atom stereocenters. The van der Waals surface area contributed by atoms with Crippen molar-refractivity contribution < 1.29 is 37.7 Å². The van der Waals surface area contributed by atoms with Crippen LogP contribution in [0, 0.1) is 0 Å². The number of benzene rings is 3. The molecule has 3 aromatic rings. The SMILES string of the molecule is O=C1/C(=C/c2ccc(OC(F)(F)F)cc2)Oc2cc(O)c(C/C=C/c3ccccc3)c(O)c21. The molecule has 1 aliphatic rings. The summed E-state index contributed by atoms with van der Waals surface area (Å²) in [5, 5.41) is 21.0. The van der Waals surface area contributed by atoms with Gasteiger partial charge in [-0.3, -0.25) is 4.79 Å². The minimum Gasteiger partial charge on any atom is -0.507 e. The normalized spacial score (nSPS) is 14.5. The summed E-state index contributed by atoms with van der Waals surface area (Å²) in [6, 6.07) is 15.5. The van der Waals surface area contributed by atoms with Gasteiger partial charge in [-0.2, -0.15) is 0 Å². The molecule has 0 saturated carbocycles. The van der Waals surface area contributed by atoms with Crippen molar-refractivity contribution in [3.8, 4) is 23.0 Å². The molecule has 0 aliphatic carbocycles. The average Bonchev–Trinajstić information content (AvgIpc) is 3.06. The number of ether oxygens (including phenoxy) is 2. The first-order chi connectivity index (χ1) is 15.7. The highest BCUT2D eigenvalue weighted by Gasteiger charge is 2.33. The van der Waals surface area contributed by atoms with Gasteiger partial charge in [0.25, 0.3) is 0 Å². The van der Waals surface area contributed by atoms with Gasteiger partial charge in [-0.25, -0.2) is 0 Å². The van der Waals surface area contributed by atoms with Gasteiger partial charge in [-0.05, 0) is 35.8 Å². The Morgan fingerprint density at radius 1 is 0.970 bits per heavy atom. The third-order valence-electron chi connectivity index (χ3n) is 4.86. The minimum atomic E-state index is -4.81. The molecule has 33 heavy (non-hydrogen) atoms. The maximum atomic E-state index is 12.8. The highest BCUT2D eigenvalue weighted by atomic mass is 19.4. The van der Waals surface area contributed by atoms with Crippen LogP contribution in [0.4, 0.5) is 13.2 Å². The Bertz CT molecular complexity index is 1240. The lowest BCUT2D eigenvalue weighted by atomic mass is 10.0. The number of alkyl halides is 3. The van der Waals surface area contributed by atoms with Gasteiger partial charge in [0.15, 0.2) is 5.76 Å². The van der Waals surface area contributed by atoms with Crippen LogP contribution in [0.1, 0.15) is 27.0 Å². The van der Waals surface area contributed by atoms with Crippen LogP contribution < -0.4 is 9.47 Å². The fourth-order valence-electron chi connectivity index (χ4n) is 3.35. The Labute approximate surface area is 186 Å². The van der Waals surface area contributed by atoms with Crippen molar-refractivity contribution in [1.29, 1.82) is 0 Å². The summed E-state index contributed by atoms with van der Waals surface area (Å²) >= 11 is 0. The van der Waals surface area contributed by atoms with Gasteiger partial charge in [0, 0.05) is 11.6 Å². The van der Waals surface area contributed by atoms with E-state index in [4.69, 9.17) is 4.74 Å². The average molecular weight is 454 g/mol. The van der Waals surface area contributed by atoms with Gasteiger partial charge in [0.2, 0.25) is 5.78 Å². The van der Waals surface area contributed by atoms with E-state index in [9.17, 15) is 28.2 Å². The number of carbonyl (C=O) groups is 1. The van der Waals surface area contributed by atoms with Crippen LogP contribution in [-0.4, -0.2) is 22.4 Å². The highest BCUT2D eigenvalue weighted by molar-refractivity contribution is 6.16. The third kappa shape index (κ3) is 5.01. The number of hydrogen-bond donors (Lipinski definition) is 2. The van der Waals surface area contributed by atoms with Crippen molar-refractivity contribution in [2.45, 2.75) is 12.8 Å². The molecule has 0 spiro atoms. The zero-order chi connectivity index (χ0) is 23.6. The second-order valence-corrected chi connectivity index (χ2v) is 7.17. The van der Waals surface area contributed by atoms with Crippen LogP contribution in [0.15, 0.2) is 72.5 Å². The van der Waals surface area contributed by atoms with Crippen molar-refractivity contribution in [1.82, 2.24) is 0 Å². The lowest BCUT2D eigenvalue weighted by molar-refractivity contribution is -0.274. The van der Waals surface area contributed by atoms with Crippen LogP contribution in [0.3, 0.4) is 0 Å². The molecular formula is C25H17F3O5. The number of fused-ring (bicyclic) bond motifs is 1. The van der Waals surface area contributed by atoms with Crippen molar-refractivity contribution >= 4 is 17.9 Å². The summed E-state index contributed by atoms with van der Waals surface area (Å²) in [6.45, 7) is 0. The number of halogens is 3. The molecule has 0 atom stereocenters. The Morgan fingerprint density at radius 3 is 2.33 bits per heavy atom. The van der Waals surface area contributed by atoms with Crippen LogP contribution in [0.25, 0.3) is 12.2 Å². The van der Waals surface area contributed by atoms with Gasteiger partial charge in [0.1, 0.15) is 28.6 Å². The summed E-state index contributed by atoms with van der Waals surface area (Å²) in [7, 11) is 0. The summed E-state index contributed by atoms with van der Waals surface area (Å²) < 4.78 is 46.2. The monoisotopic (exact) mass is 454 g/mol. The van der Waals surface area contributed by atoms with E-state index in [1.165, 1.54) is 24.3 Å². The maximum Gasteiger partial charge on any atom is 0.573 e. The fourth-order valence-corrected chi connectivity index (χ4v) is 3.35. The summed E-state index contributed by atoms with van der Waals surface area (Å²) in [5.41, 5.74) is 1.41. The second kappa shape index (κ2) is 8.74. The van der Waals surface area contributed by atoms with Crippen LogP contribution >= 0.6 is 0 Å². The summed E-state index contributed by atoms with van der Waals surface area (Å²) in [5.74, 6) is -1.76. The van der Waals surface area contributed by atoms with E-state index >= 15 is 0 Å². The van der Waals surface area contributed by atoms with E-state index < -0.39 is 17.9 Å². The van der Waals surface area contributed by atoms with Gasteiger partial charge in [-0.15, -0.1) is 13.2 Å². The molecule has 0 fully saturated rings. The van der Waals surface area contributed by atoms with Gasteiger partial charge >= 0.3 is 6.36 Å². The summed E-state index contributed by atoms with van der Waals surface area (Å²) in [6.07, 6.45) is 0.262. The molecule has 4 rings (SSSR count). The van der Waals surface area contributed by atoms with Gasteiger partial charge in [0.05, 0.1) is 0 Å². The number of phenolic OH excluding ortho intramolecular Hbond substituents is 2. The van der Waals surface area contributed by atoms with Crippen molar-refractivity contribution in [2.75, 3.05) is 0 Å². The molecule has 168 valence electrons. The molecule has 0 aromatic heterocycles. The molecule has 0 saturated heterocycles. The first kappa shape index (κ1) is 22.0. The molecule has 5 nitrogen and oxygen atoms in total. The first-order valence-corrected chi connectivity index (χ1v) is 9.81. The van der Waals surface area contributed by atoms with Crippen molar-refractivity contribution in [3.63, 3.8) is 0 Å². The number of aromatic hydroxyl groups is 2. The smallest absolute Gasteiger partial charge is 0.507 e. The van der Waals surface area contributed by atoms with Crippen LogP contribution in [0.5, 0.6) is 23.0 Å². The van der Waals surface area contributed by atoms with E-state index in [2.05, 4.69) is 4.74 Å². The zero-order valence-corrected chi connectivity index (χ0v) is 17.0. The summed E-state index contributed by atoms with van der Waals surface area (Å²) in [4.78, 5) is 12.8. The fraction of sp³-hybridized carbons (Fsp3) is 0.0800. The minimum absolute atomic E-state index is 0.00550. The number of carbonyl (C=O) groups excluding carboxylic acids is 1. The first-order valence-electron chi connectivity index (χ1n) is 9.81. The maximum absolute atomic E-state index is 12.8. The number of hydrogen-bond acceptors (Lipinski definition) is 5. The van der Waals surface area contributed by atoms with Crippen LogP contribution in [0.2, 0.25) is 0 Å². The highest BCUT2D eigenvalue weighted by Crippen LogP contribution is 2.44. The molecule has 0 amide bonds. The molecule has 0 bridgehead atoms. The van der Waals surface area contributed by atoms with Crippen molar-refractivity contribution in [2.24, 2.45) is 0 Å². The Kier molecular flexibility index (Phi) is 5.83. The Morgan fingerprint density at radius 2 is 1.67 bits per heavy atom. The molecular weight excluding hydrogens is 437 g/mol. The number of Topliss-reactive ketones (excluding diaryl/α,β-unsaturated/α-hetero) is 1. The third-order valence-corrected chi connectivity index (χ3v) is 4.86. The van der Waals surface area contributed by atoms with Gasteiger partial charge < -0.3 is 19.7 Å². The van der Waals surface area contributed by atoms with Crippen molar-refractivity contribution in [3.05, 3.63) is 94.8 Å². The zero-order valence-electron chi connectivity index (χ0n) is 17.0.